The maximum atomic E-state index is 12.8. The molecule has 8 heteroatoms. The van der Waals surface area contributed by atoms with Crippen LogP contribution in [0.5, 0.6) is 5.75 Å². The van der Waals surface area contributed by atoms with E-state index in [0.29, 0.717) is 0 Å². The number of aliphatic carboxylic acids is 1. The summed E-state index contributed by atoms with van der Waals surface area (Å²) in [5.74, 6) is -1.67. The van der Waals surface area contributed by atoms with Crippen molar-refractivity contribution in [1.82, 2.24) is 5.32 Å². The molecule has 0 aliphatic carbocycles. The third-order valence-corrected chi connectivity index (χ3v) is 5.56. The Bertz CT molecular complexity index is 1260. The van der Waals surface area contributed by atoms with Gasteiger partial charge in [0.25, 0.3) is 5.91 Å². The van der Waals surface area contributed by atoms with Crippen molar-refractivity contribution in [3.8, 4) is 16.9 Å². The third kappa shape index (κ3) is 7.09. The van der Waals surface area contributed by atoms with E-state index in [4.69, 9.17) is 21.1 Å². The predicted octanol–water partition coefficient (Wildman–Crippen LogP) is 5.40. The molecule has 188 valence electrons. The molecule has 0 radical (unpaired) electrons. The molecular weight excluding hydrogens is 482 g/mol. The van der Waals surface area contributed by atoms with E-state index in [-0.39, 0.29) is 22.6 Å². The van der Waals surface area contributed by atoms with Crippen LogP contribution < -0.4 is 10.1 Å². The van der Waals surface area contributed by atoms with E-state index in [9.17, 15) is 19.5 Å². The summed E-state index contributed by atoms with van der Waals surface area (Å²) < 4.78 is 10.6. The van der Waals surface area contributed by atoms with Gasteiger partial charge in [0.1, 0.15) is 17.4 Å². The van der Waals surface area contributed by atoms with E-state index in [1.807, 2.05) is 48.5 Å². The highest BCUT2D eigenvalue weighted by Gasteiger charge is 2.24. The molecule has 36 heavy (non-hydrogen) atoms. The summed E-state index contributed by atoms with van der Waals surface area (Å²) in [6.45, 7) is 5.23. The normalized spacial score (nSPS) is 11.9. The summed E-state index contributed by atoms with van der Waals surface area (Å²) in [6, 6.07) is 18.0. The molecule has 1 atom stereocenters. The summed E-state index contributed by atoms with van der Waals surface area (Å²) in [5, 5.41) is 12.2. The molecule has 2 N–H and O–H groups in total. The van der Waals surface area contributed by atoms with Crippen molar-refractivity contribution in [3.63, 3.8) is 0 Å². The van der Waals surface area contributed by atoms with Gasteiger partial charge in [0.2, 0.25) is 0 Å². The van der Waals surface area contributed by atoms with Crippen LogP contribution in [0.2, 0.25) is 5.02 Å². The van der Waals surface area contributed by atoms with Crippen molar-refractivity contribution in [3.05, 3.63) is 88.4 Å². The molecule has 0 unspecified atom stereocenters. The summed E-state index contributed by atoms with van der Waals surface area (Å²) in [5.41, 5.74) is 2.22. The molecule has 0 bridgehead atoms. The molecule has 3 aromatic rings. The first-order chi connectivity index (χ1) is 17.0. The van der Waals surface area contributed by atoms with E-state index in [0.717, 1.165) is 22.4 Å². The Hall–Kier alpha value is -3.84. The van der Waals surface area contributed by atoms with Crippen molar-refractivity contribution >= 4 is 29.4 Å². The summed E-state index contributed by atoms with van der Waals surface area (Å²) in [6.07, 6.45) is 0.0765. The number of hydrogen-bond donors (Lipinski definition) is 2. The minimum Gasteiger partial charge on any atom is -0.497 e. The molecule has 7 nitrogen and oxygen atoms in total. The first kappa shape index (κ1) is 26.8. The fourth-order valence-electron chi connectivity index (χ4n) is 3.47. The molecule has 0 saturated heterocycles. The van der Waals surface area contributed by atoms with Crippen molar-refractivity contribution in [2.24, 2.45) is 0 Å². The van der Waals surface area contributed by atoms with Crippen molar-refractivity contribution in [2.45, 2.75) is 38.8 Å². The zero-order chi connectivity index (χ0) is 26.5. The first-order valence-electron chi connectivity index (χ1n) is 11.3. The number of esters is 1. The van der Waals surface area contributed by atoms with Gasteiger partial charge in [-0.3, -0.25) is 4.79 Å². The SMILES string of the molecule is COc1cccc(-c2ccc(C[C@H](NC(=O)c3ccc(C(=O)OC(C)(C)C)cc3Cl)C(=O)O)cc2)c1. The van der Waals surface area contributed by atoms with Gasteiger partial charge in [-0.05, 0) is 67.8 Å². The lowest BCUT2D eigenvalue weighted by atomic mass is 10.00. The zero-order valence-electron chi connectivity index (χ0n) is 20.5. The number of nitrogens with one attached hydrogen (secondary N) is 1. The number of carboxylic acid groups (broad SMARTS) is 1. The molecule has 0 fully saturated rings. The standard InChI is InChI=1S/C28H28ClNO6/c1-28(2,3)36-27(34)20-12-13-22(23(29)16-20)25(31)30-24(26(32)33)14-17-8-10-18(11-9-17)19-6-5-7-21(15-19)35-4/h5-13,15-16,24H,14H2,1-4H3,(H,30,31)(H,32,33)/t24-/m0/s1. The van der Waals surface area contributed by atoms with Crippen molar-refractivity contribution in [1.29, 1.82) is 0 Å². The van der Waals surface area contributed by atoms with Crippen LogP contribution in [0, 0.1) is 0 Å². The quantitative estimate of drug-likeness (QED) is 0.394. The lowest BCUT2D eigenvalue weighted by Crippen LogP contribution is -2.42. The highest BCUT2D eigenvalue weighted by molar-refractivity contribution is 6.34. The molecule has 0 spiro atoms. The fraction of sp³-hybridized carbons (Fsp3) is 0.250. The monoisotopic (exact) mass is 509 g/mol. The number of halogens is 1. The molecule has 0 aromatic heterocycles. The Balaban J connectivity index is 1.71. The van der Waals surface area contributed by atoms with Gasteiger partial charge in [-0.1, -0.05) is 48.0 Å². The summed E-state index contributed by atoms with van der Waals surface area (Å²) in [7, 11) is 1.60. The Morgan fingerprint density at radius 1 is 0.972 bits per heavy atom. The second-order valence-electron chi connectivity index (χ2n) is 9.19. The highest BCUT2D eigenvalue weighted by Crippen LogP contribution is 2.25. The molecule has 3 aromatic carbocycles. The Kier molecular flexibility index (Phi) is 8.37. The van der Waals surface area contributed by atoms with Crippen molar-refractivity contribution < 1.29 is 29.0 Å². The highest BCUT2D eigenvalue weighted by atomic mass is 35.5. The van der Waals surface area contributed by atoms with Crippen LogP contribution in [-0.2, 0) is 16.0 Å². The van der Waals surface area contributed by atoms with Gasteiger partial charge in [-0.15, -0.1) is 0 Å². The van der Waals surface area contributed by atoms with Crippen LogP contribution in [0.3, 0.4) is 0 Å². The number of methoxy groups -OCH3 is 1. The molecular formula is C28H28ClNO6. The topological polar surface area (TPSA) is 102 Å². The van der Waals surface area contributed by atoms with Gasteiger partial charge >= 0.3 is 11.9 Å². The van der Waals surface area contributed by atoms with Crippen LogP contribution in [0.4, 0.5) is 0 Å². The number of carboxylic acids is 1. The van der Waals surface area contributed by atoms with Gasteiger partial charge in [-0.2, -0.15) is 0 Å². The van der Waals surface area contributed by atoms with Crippen LogP contribution in [0.25, 0.3) is 11.1 Å². The minimum absolute atomic E-state index is 0.0163. The average molecular weight is 510 g/mol. The van der Waals surface area contributed by atoms with E-state index in [1.165, 1.54) is 18.2 Å². The largest absolute Gasteiger partial charge is 0.497 e. The minimum atomic E-state index is -1.18. The second-order valence-corrected chi connectivity index (χ2v) is 9.60. The van der Waals surface area contributed by atoms with E-state index >= 15 is 0 Å². The van der Waals surface area contributed by atoms with Gasteiger partial charge in [0.15, 0.2) is 0 Å². The van der Waals surface area contributed by atoms with E-state index < -0.39 is 29.5 Å². The molecule has 0 aliphatic rings. The van der Waals surface area contributed by atoms with Crippen LogP contribution in [0.15, 0.2) is 66.7 Å². The average Bonchev–Trinajstić information content (AvgIpc) is 2.82. The number of amides is 1. The Morgan fingerprint density at radius 2 is 1.67 bits per heavy atom. The van der Waals surface area contributed by atoms with Gasteiger partial charge in [-0.25, -0.2) is 9.59 Å². The Morgan fingerprint density at radius 3 is 2.25 bits per heavy atom. The molecule has 3 rings (SSSR count). The lowest BCUT2D eigenvalue weighted by molar-refractivity contribution is -0.139. The smallest absolute Gasteiger partial charge is 0.338 e. The zero-order valence-corrected chi connectivity index (χ0v) is 21.3. The number of hydrogen-bond acceptors (Lipinski definition) is 5. The van der Waals surface area contributed by atoms with Crippen LogP contribution >= 0.6 is 11.6 Å². The van der Waals surface area contributed by atoms with Gasteiger partial charge in [0.05, 0.1) is 23.3 Å². The van der Waals surface area contributed by atoms with Crippen LogP contribution in [0.1, 0.15) is 47.1 Å². The molecule has 0 aliphatic heterocycles. The number of rotatable bonds is 8. The third-order valence-electron chi connectivity index (χ3n) is 5.25. The Labute approximate surface area is 215 Å². The molecule has 0 heterocycles. The number of benzene rings is 3. The van der Waals surface area contributed by atoms with Gasteiger partial charge < -0.3 is 19.9 Å². The maximum Gasteiger partial charge on any atom is 0.338 e. The number of carbonyl (C=O) groups excluding carboxylic acids is 2. The second kappa shape index (κ2) is 11.3. The first-order valence-corrected chi connectivity index (χ1v) is 11.6. The van der Waals surface area contributed by atoms with E-state index in [1.54, 1.807) is 27.9 Å². The molecule has 0 saturated carbocycles. The van der Waals surface area contributed by atoms with Gasteiger partial charge in [0, 0.05) is 6.42 Å². The molecule has 1 amide bonds. The summed E-state index contributed by atoms with van der Waals surface area (Å²) in [4.78, 5) is 36.9. The number of carbonyl (C=O) groups is 3. The van der Waals surface area contributed by atoms with E-state index in [2.05, 4.69) is 5.32 Å². The fourth-order valence-corrected chi connectivity index (χ4v) is 3.74. The van der Waals surface area contributed by atoms with Crippen LogP contribution in [-0.4, -0.2) is 41.7 Å². The van der Waals surface area contributed by atoms with Crippen molar-refractivity contribution in [2.75, 3.05) is 7.11 Å². The summed E-state index contributed by atoms with van der Waals surface area (Å²) >= 11 is 6.24. The predicted molar refractivity (Wildman–Crippen MR) is 138 cm³/mol. The maximum absolute atomic E-state index is 12.8. The number of ether oxygens (including phenoxy) is 2. The lowest BCUT2D eigenvalue weighted by Gasteiger charge is -2.20.